The molecule has 0 saturated heterocycles. The first-order valence-electron chi connectivity index (χ1n) is 14.8. The number of hydrogen-bond donors (Lipinski definition) is 0. The Morgan fingerprint density at radius 2 is 0.867 bits per heavy atom. The third-order valence-electron chi connectivity index (χ3n) is 6.36. The molecular formula is C27H47N9O9. The molecule has 45 heavy (non-hydrogen) atoms. The van der Waals surface area contributed by atoms with Crippen LogP contribution < -0.4 is 0 Å². The molecule has 0 aromatic heterocycles. The molecular weight excluding hydrogens is 594 g/mol. The molecule has 0 aromatic carbocycles. The molecule has 0 fully saturated rings. The topological polar surface area (TPSA) is 253 Å². The van der Waals surface area contributed by atoms with Crippen molar-refractivity contribution in [3.8, 4) is 0 Å². The van der Waals surface area contributed by atoms with Gasteiger partial charge in [-0.15, -0.1) is 0 Å². The summed E-state index contributed by atoms with van der Waals surface area (Å²) < 4.78 is 33.0. The predicted octanol–water partition coefficient (Wildman–Crippen LogP) is 5.07. The Balaban J connectivity index is 4.80. The van der Waals surface area contributed by atoms with E-state index in [-0.39, 0.29) is 116 Å². The second kappa shape index (κ2) is 26.6. The van der Waals surface area contributed by atoms with Crippen molar-refractivity contribution < 1.29 is 42.8 Å². The van der Waals surface area contributed by atoms with Gasteiger partial charge in [-0.05, 0) is 40.8 Å². The zero-order valence-corrected chi connectivity index (χ0v) is 26.7. The van der Waals surface area contributed by atoms with Crippen LogP contribution in [0.2, 0.25) is 0 Å². The number of carbonyl (C=O) groups is 3. The second-order valence-electron chi connectivity index (χ2n) is 10.8. The van der Waals surface area contributed by atoms with Crippen LogP contribution in [-0.2, 0) is 42.8 Å². The first kappa shape index (κ1) is 41.2. The van der Waals surface area contributed by atoms with Crippen LogP contribution in [0.4, 0.5) is 0 Å². The molecule has 0 bridgehead atoms. The lowest BCUT2D eigenvalue weighted by Crippen LogP contribution is -2.38. The van der Waals surface area contributed by atoms with E-state index in [1.165, 1.54) is 0 Å². The second-order valence-corrected chi connectivity index (χ2v) is 10.8. The van der Waals surface area contributed by atoms with Crippen molar-refractivity contribution in [2.45, 2.75) is 53.4 Å². The SMILES string of the molecule is CCC(COCCOC(=O)CC(C)CN=[N+]=[N-])(COCCOC(=O)CC(C)CN=[N+]=[N-])COCCOC(=O)CC(C)CN=[N+]=[N-]. The van der Waals surface area contributed by atoms with E-state index in [0.29, 0.717) is 6.42 Å². The Morgan fingerprint density at radius 3 is 1.11 bits per heavy atom. The van der Waals surface area contributed by atoms with Gasteiger partial charge in [0.05, 0.1) is 39.6 Å². The summed E-state index contributed by atoms with van der Waals surface area (Å²) in [4.78, 5) is 44.0. The molecule has 0 aliphatic rings. The minimum atomic E-state index is -0.602. The molecule has 254 valence electrons. The monoisotopic (exact) mass is 641 g/mol. The standard InChI is InChI=1S/C27H47N9O9/c1-5-27(18-40-6-9-43-24(37)12-21(2)15-31-34-28,19-41-7-10-44-25(38)13-22(3)16-32-35-29)20-42-8-11-45-26(39)14-23(4)17-33-36-30/h21-23H,5-20H2,1-4H3. The maximum absolute atomic E-state index is 12.0. The fraction of sp³-hybridized carbons (Fsp3) is 0.889. The van der Waals surface area contributed by atoms with Gasteiger partial charge in [-0.25, -0.2) is 0 Å². The Morgan fingerprint density at radius 1 is 0.578 bits per heavy atom. The Hall–Kier alpha value is -3.78. The zero-order chi connectivity index (χ0) is 33.8. The molecule has 0 radical (unpaired) electrons. The molecule has 3 unspecified atom stereocenters. The normalized spacial score (nSPS) is 13.9. The number of rotatable bonds is 28. The van der Waals surface area contributed by atoms with Crippen molar-refractivity contribution >= 4 is 17.9 Å². The van der Waals surface area contributed by atoms with E-state index in [9.17, 15) is 14.4 Å². The molecule has 0 saturated carbocycles. The number of azide groups is 3. The van der Waals surface area contributed by atoms with Gasteiger partial charge in [-0.3, -0.25) is 14.4 Å². The van der Waals surface area contributed by atoms with Gasteiger partial charge < -0.3 is 28.4 Å². The van der Waals surface area contributed by atoms with Crippen molar-refractivity contribution in [1.82, 2.24) is 0 Å². The summed E-state index contributed by atoms with van der Waals surface area (Å²) in [5, 5.41) is 10.3. The summed E-state index contributed by atoms with van der Waals surface area (Å²) in [7, 11) is 0. The number of nitrogens with zero attached hydrogens (tertiary/aromatic N) is 9. The number of hydrogen-bond acceptors (Lipinski definition) is 12. The minimum absolute atomic E-state index is 0.0384. The maximum Gasteiger partial charge on any atom is 0.306 e. The van der Waals surface area contributed by atoms with E-state index in [1.54, 1.807) is 20.8 Å². The van der Waals surface area contributed by atoms with E-state index >= 15 is 0 Å². The van der Waals surface area contributed by atoms with Crippen molar-refractivity contribution in [1.29, 1.82) is 0 Å². The van der Waals surface area contributed by atoms with Gasteiger partial charge in [-0.2, -0.15) is 0 Å². The first-order valence-corrected chi connectivity index (χ1v) is 14.8. The molecule has 0 heterocycles. The molecule has 0 N–H and O–H groups in total. The first-order chi connectivity index (χ1) is 21.6. The van der Waals surface area contributed by atoms with Crippen molar-refractivity contribution in [3.05, 3.63) is 31.3 Å². The fourth-order valence-electron chi connectivity index (χ4n) is 3.69. The molecule has 0 amide bonds. The molecule has 0 aromatic rings. The van der Waals surface area contributed by atoms with Gasteiger partial charge in [0, 0.05) is 59.0 Å². The Kier molecular flexibility index (Phi) is 24.4. The van der Waals surface area contributed by atoms with Crippen molar-refractivity contribution in [2.24, 2.45) is 38.5 Å². The van der Waals surface area contributed by atoms with E-state index < -0.39 is 23.3 Å². The quantitative estimate of drug-likeness (QED) is 0.0275. The lowest BCUT2D eigenvalue weighted by Gasteiger charge is -2.32. The third kappa shape index (κ3) is 23.3. The highest BCUT2D eigenvalue weighted by atomic mass is 16.6. The summed E-state index contributed by atoms with van der Waals surface area (Å²) in [6.07, 6.45) is 0.952. The minimum Gasteiger partial charge on any atom is -0.463 e. The van der Waals surface area contributed by atoms with E-state index in [2.05, 4.69) is 30.1 Å². The predicted molar refractivity (Wildman–Crippen MR) is 161 cm³/mol. The largest absolute Gasteiger partial charge is 0.463 e. The zero-order valence-electron chi connectivity index (χ0n) is 26.7. The van der Waals surface area contributed by atoms with Crippen LogP contribution >= 0.6 is 0 Å². The van der Waals surface area contributed by atoms with E-state index in [1.807, 2.05) is 6.92 Å². The highest BCUT2D eigenvalue weighted by Gasteiger charge is 2.30. The van der Waals surface area contributed by atoms with Gasteiger partial charge in [0.25, 0.3) is 0 Å². The highest BCUT2D eigenvalue weighted by Crippen LogP contribution is 2.24. The van der Waals surface area contributed by atoms with Crippen LogP contribution in [0.25, 0.3) is 31.3 Å². The average Bonchev–Trinajstić information content (AvgIpc) is 3.00. The Labute approximate surface area is 263 Å². The molecule has 0 aliphatic carbocycles. The summed E-state index contributed by atoms with van der Waals surface area (Å²) >= 11 is 0. The van der Waals surface area contributed by atoms with Crippen molar-refractivity contribution in [2.75, 3.05) is 79.1 Å². The van der Waals surface area contributed by atoms with Crippen LogP contribution in [-0.4, -0.2) is 97.0 Å². The maximum atomic E-state index is 12.0. The average molecular weight is 642 g/mol. The van der Waals surface area contributed by atoms with Gasteiger partial charge in [-0.1, -0.05) is 43.0 Å². The van der Waals surface area contributed by atoms with Crippen LogP contribution in [0.1, 0.15) is 53.4 Å². The lowest BCUT2D eigenvalue weighted by molar-refractivity contribution is -0.148. The summed E-state index contributed by atoms with van der Waals surface area (Å²) in [5.41, 5.74) is 24.6. The molecule has 0 rings (SSSR count). The number of carbonyl (C=O) groups excluding carboxylic acids is 3. The van der Waals surface area contributed by atoms with Gasteiger partial charge in [0.1, 0.15) is 19.8 Å². The summed E-state index contributed by atoms with van der Waals surface area (Å²) in [6.45, 7) is 9.04. The molecule has 18 nitrogen and oxygen atoms in total. The van der Waals surface area contributed by atoms with Crippen LogP contribution in [0, 0.1) is 23.2 Å². The van der Waals surface area contributed by atoms with Crippen LogP contribution in [0.5, 0.6) is 0 Å². The molecule has 0 spiro atoms. The number of ether oxygens (including phenoxy) is 6. The smallest absolute Gasteiger partial charge is 0.306 e. The van der Waals surface area contributed by atoms with E-state index in [4.69, 9.17) is 45.0 Å². The summed E-state index contributed by atoms with van der Waals surface area (Å²) in [6, 6.07) is 0. The van der Waals surface area contributed by atoms with Gasteiger partial charge in [0.2, 0.25) is 0 Å². The van der Waals surface area contributed by atoms with Crippen LogP contribution in [0.3, 0.4) is 0 Å². The third-order valence-corrected chi connectivity index (χ3v) is 6.36. The fourth-order valence-corrected chi connectivity index (χ4v) is 3.69. The van der Waals surface area contributed by atoms with Gasteiger partial charge >= 0.3 is 17.9 Å². The van der Waals surface area contributed by atoms with Crippen LogP contribution in [0.15, 0.2) is 15.3 Å². The summed E-state index contributed by atoms with van der Waals surface area (Å²) in [5.74, 6) is -1.69. The number of esters is 3. The molecule has 18 heteroatoms. The van der Waals surface area contributed by atoms with Gasteiger partial charge in [0.15, 0.2) is 0 Å². The lowest BCUT2D eigenvalue weighted by atomic mass is 9.88. The molecule has 3 atom stereocenters. The Bertz CT molecular complexity index is 892. The molecule has 0 aliphatic heterocycles. The van der Waals surface area contributed by atoms with E-state index in [0.717, 1.165) is 0 Å². The highest BCUT2D eigenvalue weighted by molar-refractivity contribution is 5.70. The van der Waals surface area contributed by atoms with Crippen molar-refractivity contribution in [3.63, 3.8) is 0 Å².